The number of benzene rings is 2. The zero-order chi connectivity index (χ0) is 22.8. The summed E-state index contributed by atoms with van der Waals surface area (Å²) in [4.78, 5) is 2.34. The van der Waals surface area contributed by atoms with Gasteiger partial charge in [-0.25, -0.2) is 0 Å². The Kier molecular flexibility index (Phi) is 6.82. The number of aromatic hydroxyl groups is 2. The lowest BCUT2D eigenvalue weighted by Gasteiger charge is -2.36. The normalized spacial score (nSPS) is 17.3. The molecule has 6 nitrogen and oxygen atoms in total. The average molecular weight is 442 g/mol. The van der Waals surface area contributed by atoms with E-state index >= 15 is 0 Å². The molecule has 2 heterocycles. The quantitative estimate of drug-likeness (QED) is 0.652. The minimum atomic E-state index is -0.175. The molecule has 174 valence electrons. The van der Waals surface area contributed by atoms with Crippen LogP contribution in [0.2, 0.25) is 0 Å². The molecule has 0 aliphatic carbocycles. The Morgan fingerprint density at radius 3 is 1.97 bits per heavy atom. The number of nitrogens with zero attached hydrogens (tertiary/aromatic N) is 1. The van der Waals surface area contributed by atoms with Crippen LogP contribution < -0.4 is 9.47 Å². The zero-order valence-corrected chi connectivity index (χ0v) is 19.6. The number of phenolic OH excluding ortho intramolecular Hbond substituents is 2. The van der Waals surface area contributed by atoms with Crippen LogP contribution >= 0.6 is 0 Å². The summed E-state index contributed by atoms with van der Waals surface area (Å²) in [6.07, 6.45) is 1.60. The summed E-state index contributed by atoms with van der Waals surface area (Å²) >= 11 is 0. The highest BCUT2D eigenvalue weighted by atomic mass is 16.7. The van der Waals surface area contributed by atoms with Gasteiger partial charge in [-0.05, 0) is 47.4 Å². The second kappa shape index (κ2) is 9.59. The lowest BCUT2D eigenvalue weighted by atomic mass is 9.88. The van der Waals surface area contributed by atoms with Gasteiger partial charge in [-0.15, -0.1) is 0 Å². The molecule has 0 saturated carbocycles. The summed E-state index contributed by atoms with van der Waals surface area (Å²) < 4.78 is 16.7. The lowest BCUT2D eigenvalue weighted by Crippen LogP contribution is -2.39. The number of hydrogen-bond acceptors (Lipinski definition) is 6. The van der Waals surface area contributed by atoms with E-state index in [-0.39, 0.29) is 18.6 Å². The summed E-state index contributed by atoms with van der Waals surface area (Å²) in [5, 5.41) is 22.0. The van der Waals surface area contributed by atoms with Gasteiger partial charge in [-0.1, -0.05) is 39.8 Å². The molecule has 2 aliphatic heterocycles. The minimum absolute atomic E-state index is 0.163. The topological polar surface area (TPSA) is 71.4 Å². The molecule has 2 aromatic rings. The minimum Gasteiger partial charge on any atom is -0.507 e. The van der Waals surface area contributed by atoms with Gasteiger partial charge in [-0.2, -0.15) is 0 Å². The third-order valence-corrected chi connectivity index (χ3v) is 6.09. The molecule has 32 heavy (non-hydrogen) atoms. The van der Waals surface area contributed by atoms with Crippen LogP contribution in [-0.2, 0) is 17.6 Å². The van der Waals surface area contributed by atoms with Crippen LogP contribution in [0.25, 0.3) is 0 Å². The predicted molar refractivity (Wildman–Crippen MR) is 124 cm³/mol. The molecule has 6 heteroatoms. The molecule has 0 bridgehead atoms. The maximum Gasteiger partial charge on any atom is 0.231 e. The monoisotopic (exact) mass is 441 g/mol. The summed E-state index contributed by atoms with van der Waals surface area (Å²) in [5.41, 5.74) is 3.79. The van der Waals surface area contributed by atoms with Crippen molar-refractivity contribution in [2.24, 2.45) is 11.8 Å². The first-order chi connectivity index (χ1) is 15.3. The van der Waals surface area contributed by atoms with Crippen molar-refractivity contribution >= 4 is 0 Å². The molecule has 0 radical (unpaired) electrons. The van der Waals surface area contributed by atoms with E-state index in [1.165, 1.54) is 0 Å². The fourth-order valence-corrected chi connectivity index (χ4v) is 4.72. The molecule has 1 unspecified atom stereocenters. The highest BCUT2D eigenvalue weighted by molar-refractivity contribution is 5.55. The highest BCUT2D eigenvalue weighted by Gasteiger charge is 2.30. The van der Waals surface area contributed by atoms with E-state index in [1.54, 1.807) is 6.07 Å². The van der Waals surface area contributed by atoms with Gasteiger partial charge >= 0.3 is 0 Å². The van der Waals surface area contributed by atoms with Gasteiger partial charge in [0.1, 0.15) is 11.5 Å². The Balaban J connectivity index is 1.86. The molecule has 2 N–H and O–H groups in total. The molecule has 0 amide bonds. The van der Waals surface area contributed by atoms with E-state index in [9.17, 15) is 10.2 Å². The Morgan fingerprint density at radius 1 is 0.844 bits per heavy atom. The second-order valence-corrected chi connectivity index (χ2v) is 9.70. The van der Waals surface area contributed by atoms with Gasteiger partial charge in [0.2, 0.25) is 6.79 Å². The summed E-state index contributed by atoms with van der Waals surface area (Å²) in [6.45, 7) is 11.6. The van der Waals surface area contributed by atoms with Crippen molar-refractivity contribution in [3.8, 4) is 23.0 Å². The van der Waals surface area contributed by atoms with Crippen molar-refractivity contribution in [1.82, 2.24) is 4.90 Å². The maximum absolute atomic E-state index is 11.0. The van der Waals surface area contributed by atoms with Crippen LogP contribution in [0.4, 0.5) is 0 Å². The fraction of sp³-hybridized carbons (Fsp3) is 0.538. The van der Waals surface area contributed by atoms with E-state index in [1.807, 2.05) is 6.07 Å². The number of phenols is 2. The van der Waals surface area contributed by atoms with Crippen LogP contribution in [0.1, 0.15) is 56.0 Å². The highest BCUT2D eigenvalue weighted by Crippen LogP contribution is 2.44. The van der Waals surface area contributed by atoms with Crippen LogP contribution in [0.15, 0.2) is 24.3 Å². The third kappa shape index (κ3) is 4.81. The molecule has 1 saturated heterocycles. The van der Waals surface area contributed by atoms with E-state index in [0.29, 0.717) is 42.3 Å². The van der Waals surface area contributed by atoms with Crippen molar-refractivity contribution in [3.05, 3.63) is 46.5 Å². The smallest absolute Gasteiger partial charge is 0.231 e. The molecule has 2 aliphatic rings. The van der Waals surface area contributed by atoms with E-state index in [4.69, 9.17) is 14.2 Å². The molecule has 1 fully saturated rings. The summed E-state index contributed by atoms with van der Waals surface area (Å²) in [6, 6.07) is 7.60. The Hall–Kier alpha value is -2.44. The van der Waals surface area contributed by atoms with Crippen molar-refractivity contribution in [3.63, 3.8) is 0 Å². The molecule has 2 aromatic carbocycles. The summed E-state index contributed by atoms with van der Waals surface area (Å²) in [5.74, 6) is 2.66. The van der Waals surface area contributed by atoms with Crippen LogP contribution in [0.5, 0.6) is 23.0 Å². The fourth-order valence-electron chi connectivity index (χ4n) is 4.72. The lowest BCUT2D eigenvalue weighted by molar-refractivity contribution is 0.0235. The van der Waals surface area contributed by atoms with E-state index in [0.717, 1.165) is 48.2 Å². The molecule has 4 rings (SSSR count). The van der Waals surface area contributed by atoms with Crippen LogP contribution in [-0.4, -0.2) is 48.2 Å². The molecule has 1 atom stereocenters. The molecule has 0 spiro atoms. The maximum atomic E-state index is 11.0. The van der Waals surface area contributed by atoms with Gasteiger partial charge in [0.05, 0.1) is 19.3 Å². The molecular formula is C26H35NO5. The number of ether oxygens (including phenoxy) is 3. The van der Waals surface area contributed by atoms with Gasteiger partial charge in [0.15, 0.2) is 11.5 Å². The second-order valence-electron chi connectivity index (χ2n) is 9.70. The standard InChI is InChI=1S/C26H35NO5/c1-16(2)9-19-11-18(12-20(26(19)29)10-17(3)4)25(27-5-7-30-8-6-27)21-13-23-24(14-22(21)28)32-15-31-23/h11-14,16-17,25,28-29H,5-10,15H2,1-4H3. The van der Waals surface area contributed by atoms with Crippen LogP contribution in [0, 0.1) is 11.8 Å². The van der Waals surface area contributed by atoms with Crippen LogP contribution in [0.3, 0.4) is 0 Å². The first-order valence-electron chi connectivity index (χ1n) is 11.6. The summed E-state index contributed by atoms with van der Waals surface area (Å²) in [7, 11) is 0. The van der Waals surface area contributed by atoms with Crippen molar-refractivity contribution in [1.29, 1.82) is 0 Å². The SMILES string of the molecule is CC(C)Cc1cc(C(c2cc3c(cc2O)OCO3)N2CCOCC2)cc(CC(C)C)c1O. The number of hydrogen-bond donors (Lipinski definition) is 2. The Bertz CT molecular complexity index is 918. The zero-order valence-electron chi connectivity index (χ0n) is 19.6. The van der Waals surface area contributed by atoms with E-state index in [2.05, 4.69) is 44.7 Å². The Labute approximate surface area is 190 Å². The van der Waals surface area contributed by atoms with Crippen molar-refractivity contribution in [2.75, 3.05) is 33.1 Å². The number of fused-ring (bicyclic) bond motifs is 1. The van der Waals surface area contributed by atoms with Gasteiger partial charge in [0, 0.05) is 24.7 Å². The molecular weight excluding hydrogens is 406 g/mol. The van der Waals surface area contributed by atoms with Crippen molar-refractivity contribution in [2.45, 2.75) is 46.6 Å². The number of morpholine rings is 1. The third-order valence-electron chi connectivity index (χ3n) is 6.09. The van der Waals surface area contributed by atoms with Gasteiger partial charge < -0.3 is 24.4 Å². The van der Waals surface area contributed by atoms with Crippen molar-refractivity contribution < 1.29 is 24.4 Å². The van der Waals surface area contributed by atoms with Gasteiger partial charge in [-0.3, -0.25) is 4.90 Å². The molecule has 0 aromatic heterocycles. The van der Waals surface area contributed by atoms with E-state index < -0.39 is 0 Å². The number of rotatable bonds is 7. The first-order valence-corrected chi connectivity index (χ1v) is 11.6. The Morgan fingerprint density at radius 2 is 1.41 bits per heavy atom. The average Bonchev–Trinajstić information content (AvgIpc) is 3.19. The largest absolute Gasteiger partial charge is 0.507 e. The predicted octanol–water partition coefficient (Wildman–Crippen LogP) is 4.65. The van der Waals surface area contributed by atoms with Gasteiger partial charge in [0.25, 0.3) is 0 Å². The first kappa shape index (κ1) is 22.7.